The Bertz CT molecular complexity index is 3260. The van der Waals surface area contributed by atoms with Crippen LogP contribution in [0.2, 0.25) is 5.02 Å². The monoisotopic (exact) mass is 1070 g/mol. The fourth-order valence-corrected chi connectivity index (χ4v) is 13.4. The lowest BCUT2D eigenvalue weighted by Gasteiger charge is -2.39. The molecule has 2 aromatic heterocycles. The Kier molecular flexibility index (Phi) is 15.2. The van der Waals surface area contributed by atoms with Gasteiger partial charge in [0.15, 0.2) is 0 Å². The number of sulfonamides is 1. The third-order valence-corrected chi connectivity index (χ3v) is 18.4. The first-order chi connectivity index (χ1) is 33.9. The summed E-state index contributed by atoms with van der Waals surface area (Å²) >= 11 is 6.23. The molecule has 0 saturated carbocycles. The number of hydrogen-bond donors (Lipinski definition) is 3. The number of hydrogen-bond acceptors (Lipinski definition) is 13. The fourth-order valence-electron chi connectivity index (χ4n) is 9.32. The van der Waals surface area contributed by atoms with Crippen LogP contribution >= 0.6 is 11.6 Å². The second-order valence-electron chi connectivity index (χ2n) is 19.2. The van der Waals surface area contributed by atoms with Crippen LogP contribution in [0.4, 0.5) is 24.5 Å². The van der Waals surface area contributed by atoms with Gasteiger partial charge in [0.05, 0.1) is 32.1 Å². The SMILES string of the molecule is CC(=O)N=S1(=O)CCN(C[C@H](C)Nc2ccc(S(=O)(=O)NC(=O)c3ccc(N4CCN(CC5=C(c6ccc(Cl)cc6)CC(C)(C)CC5)CC4)cc3Oc3cnc4[nH]ccc4c3)cc2S(=O)(=O)C(F)(F)F)CC1. The lowest BCUT2D eigenvalue weighted by Crippen LogP contribution is -2.47. The molecule has 16 nitrogen and oxygen atoms in total. The maximum absolute atomic E-state index is 14.2. The first-order valence-corrected chi connectivity index (χ1v) is 28.5. The van der Waals surface area contributed by atoms with Crippen molar-refractivity contribution >= 4 is 81.0 Å². The number of fused-ring (bicyclic) bond motifs is 1. The molecule has 2 fully saturated rings. The predicted octanol–water partition coefficient (Wildman–Crippen LogP) is 8.34. The van der Waals surface area contributed by atoms with E-state index in [0.29, 0.717) is 40.9 Å². The van der Waals surface area contributed by atoms with Crippen molar-refractivity contribution in [2.24, 2.45) is 9.78 Å². The zero-order valence-electron chi connectivity index (χ0n) is 40.1. The predicted molar refractivity (Wildman–Crippen MR) is 272 cm³/mol. The molecule has 2 aliphatic heterocycles. The standard InChI is InChI=1S/C49H56ClF3N8O8S3/c1-32(30-60-21-23-70(64,24-22-60)57-33(2)62)56-43-12-10-40(27-45(43)71(65,66)49(51,52)53)72(67,68)58-47(63)41-11-9-38(26-44(41)69-39-25-35-14-16-54-46(35)55-29-39)61-19-17-59(18-20-61)31-36-13-15-48(3,4)28-42(36)34-5-7-37(50)8-6-34/h5-12,14,16,25-27,29,32,56H,13,15,17-24,28,30-31H2,1-4H3,(H,54,55)(H,58,63)/t32-/m0/s1. The molecule has 1 aliphatic carbocycles. The van der Waals surface area contributed by atoms with Crippen molar-refractivity contribution in [3.63, 3.8) is 0 Å². The Morgan fingerprint density at radius 1 is 0.944 bits per heavy atom. The fraction of sp³-hybridized carbons (Fsp3) is 0.408. The number of alkyl halides is 3. The van der Waals surface area contributed by atoms with Crippen LogP contribution in [0.5, 0.6) is 11.5 Å². The number of rotatable bonds is 14. The van der Waals surface area contributed by atoms with Crippen molar-refractivity contribution in [2.75, 3.05) is 74.1 Å². The number of piperazine rings is 1. The molecule has 0 radical (unpaired) electrons. The number of allylic oxidation sites excluding steroid dienone is 1. The Labute approximate surface area is 422 Å². The highest BCUT2D eigenvalue weighted by atomic mass is 35.5. The Morgan fingerprint density at radius 3 is 2.33 bits per heavy atom. The van der Waals surface area contributed by atoms with Crippen molar-refractivity contribution < 1.29 is 48.5 Å². The number of nitrogens with one attached hydrogen (secondary N) is 3. The molecule has 3 aliphatic rings. The average Bonchev–Trinajstić information content (AvgIpc) is 3.78. The summed E-state index contributed by atoms with van der Waals surface area (Å²) in [7, 11) is -13.9. The number of ether oxygens (including phenoxy) is 1. The summed E-state index contributed by atoms with van der Waals surface area (Å²) in [6.07, 6.45) is 6.15. The van der Waals surface area contributed by atoms with Crippen LogP contribution in [0.15, 0.2) is 105 Å². The van der Waals surface area contributed by atoms with Gasteiger partial charge in [0.25, 0.3) is 31.7 Å². The molecule has 0 bridgehead atoms. The summed E-state index contributed by atoms with van der Waals surface area (Å²) in [6, 6.07) is 17.6. The maximum Gasteiger partial charge on any atom is 0.501 e. The minimum Gasteiger partial charge on any atom is -0.455 e. The van der Waals surface area contributed by atoms with Crippen LogP contribution in [0.3, 0.4) is 0 Å². The Balaban J connectivity index is 1.02. The normalized spacial score (nSPS) is 18.4. The number of carbonyl (C=O) groups is 2. The van der Waals surface area contributed by atoms with Gasteiger partial charge in [0, 0.05) is 105 Å². The molecule has 1 atom stereocenters. The van der Waals surface area contributed by atoms with Gasteiger partial charge in [-0.1, -0.05) is 43.2 Å². The second kappa shape index (κ2) is 20.8. The summed E-state index contributed by atoms with van der Waals surface area (Å²) in [5, 5.41) is 4.13. The third kappa shape index (κ3) is 12.3. The number of H-pyrrole nitrogens is 1. The van der Waals surface area contributed by atoms with Crippen LogP contribution in [0, 0.1) is 5.41 Å². The summed E-state index contributed by atoms with van der Waals surface area (Å²) in [5.74, 6) is -1.39. The maximum atomic E-state index is 14.2. The molecule has 0 unspecified atom stereocenters. The van der Waals surface area contributed by atoms with E-state index in [9.17, 15) is 43.8 Å². The molecular formula is C49H56ClF3N8O8S3. The van der Waals surface area contributed by atoms with Gasteiger partial charge in [-0.15, -0.1) is 0 Å². The third-order valence-electron chi connectivity index (χ3n) is 13.1. The Morgan fingerprint density at radius 2 is 1.65 bits per heavy atom. The highest BCUT2D eigenvalue weighted by Gasteiger charge is 2.48. The largest absolute Gasteiger partial charge is 0.501 e. The van der Waals surface area contributed by atoms with E-state index in [1.807, 2.05) is 21.8 Å². The average molecular weight is 1070 g/mol. The molecule has 386 valence electrons. The number of anilines is 2. The number of benzene rings is 3. The molecule has 3 N–H and O–H groups in total. The zero-order chi connectivity index (χ0) is 51.8. The van der Waals surface area contributed by atoms with Crippen molar-refractivity contribution in [3.8, 4) is 11.5 Å². The van der Waals surface area contributed by atoms with Gasteiger partial charge in [-0.25, -0.2) is 30.8 Å². The number of aromatic nitrogens is 2. The highest BCUT2D eigenvalue weighted by Crippen LogP contribution is 2.44. The van der Waals surface area contributed by atoms with Crippen LogP contribution in [-0.2, 0) is 34.4 Å². The number of pyridine rings is 1. The van der Waals surface area contributed by atoms with E-state index in [4.69, 9.17) is 16.3 Å². The molecule has 2 saturated heterocycles. The van der Waals surface area contributed by atoms with Crippen LogP contribution < -0.4 is 19.7 Å². The van der Waals surface area contributed by atoms with Crippen LogP contribution in [0.25, 0.3) is 16.6 Å². The first-order valence-electron chi connectivity index (χ1n) is 23.3. The number of carbonyl (C=O) groups excluding carboxylic acids is 2. The molecule has 2 amide bonds. The summed E-state index contributed by atoms with van der Waals surface area (Å²) < 4.78 is 121. The topological polar surface area (TPSA) is 204 Å². The molecule has 8 rings (SSSR count). The van der Waals surface area contributed by atoms with Gasteiger partial charge in [-0.05, 0) is 97.3 Å². The second-order valence-corrected chi connectivity index (χ2v) is 25.8. The summed E-state index contributed by atoms with van der Waals surface area (Å²) in [6.45, 7) is 11.6. The van der Waals surface area contributed by atoms with Crippen LogP contribution in [-0.4, -0.2) is 128 Å². The van der Waals surface area contributed by atoms with E-state index in [0.717, 1.165) is 51.0 Å². The number of nitrogens with zero attached hydrogens (tertiary/aromatic N) is 5. The molecule has 4 heterocycles. The highest BCUT2D eigenvalue weighted by molar-refractivity contribution is 7.94. The van der Waals surface area contributed by atoms with Crippen molar-refractivity contribution in [1.82, 2.24) is 24.5 Å². The van der Waals surface area contributed by atoms with E-state index in [2.05, 4.69) is 55.4 Å². The van der Waals surface area contributed by atoms with Crippen LogP contribution in [0.1, 0.15) is 62.9 Å². The van der Waals surface area contributed by atoms with E-state index in [1.165, 1.54) is 35.9 Å². The minimum atomic E-state index is -6.15. The molecule has 72 heavy (non-hydrogen) atoms. The van der Waals surface area contributed by atoms with Crippen molar-refractivity contribution in [3.05, 3.63) is 107 Å². The van der Waals surface area contributed by atoms with Gasteiger partial charge in [0.2, 0.25) is 0 Å². The van der Waals surface area contributed by atoms with E-state index in [1.54, 1.807) is 37.4 Å². The molecule has 3 aromatic carbocycles. The van der Waals surface area contributed by atoms with Gasteiger partial charge in [-0.2, -0.15) is 17.5 Å². The summed E-state index contributed by atoms with van der Waals surface area (Å²) in [5.41, 5.74) is -1.23. The lowest BCUT2D eigenvalue weighted by molar-refractivity contribution is -0.115. The van der Waals surface area contributed by atoms with Gasteiger partial charge in [-0.3, -0.25) is 19.4 Å². The minimum absolute atomic E-state index is 0.0416. The zero-order valence-corrected chi connectivity index (χ0v) is 43.3. The smallest absolute Gasteiger partial charge is 0.455 e. The molecule has 5 aromatic rings. The van der Waals surface area contributed by atoms with E-state index >= 15 is 0 Å². The Hall–Kier alpha value is -5.52. The molecule has 0 spiro atoms. The number of amides is 2. The van der Waals surface area contributed by atoms with E-state index in [-0.39, 0.29) is 53.6 Å². The lowest BCUT2D eigenvalue weighted by atomic mass is 9.72. The van der Waals surface area contributed by atoms with Crippen molar-refractivity contribution in [2.45, 2.75) is 68.3 Å². The molecular weight excluding hydrogens is 1020 g/mol. The van der Waals surface area contributed by atoms with Gasteiger partial charge < -0.3 is 19.9 Å². The van der Waals surface area contributed by atoms with Crippen molar-refractivity contribution in [1.29, 1.82) is 0 Å². The number of halogens is 4. The summed E-state index contributed by atoms with van der Waals surface area (Å²) in [4.78, 5) is 37.0. The molecule has 23 heteroatoms. The van der Waals surface area contributed by atoms with Gasteiger partial charge >= 0.3 is 5.51 Å². The van der Waals surface area contributed by atoms with Gasteiger partial charge in [0.1, 0.15) is 22.0 Å². The number of aromatic amines is 1. The van der Waals surface area contributed by atoms with E-state index < -0.39 is 68.4 Å². The quantitative estimate of drug-likeness (QED) is 0.0959. The first kappa shape index (κ1) is 52.8. The number of sulfone groups is 1.